The Hall–Kier alpha value is -1.94. The van der Waals surface area contributed by atoms with Gasteiger partial charge in [0.05, 0.1) is 5.75 Å². The van der Waals surface area contributed by atoms with Crippen LogP contribution in [0.3, 0.4) is 0 Å². The van der Waals surface area contributed by atoms with Crippen LogP contribution in [0.15, 0.2) is 28.6 Å². The molecule has 152 valence electrons. The number of benzene rings is 1. The van der Waals surface area contributed by atoms with E-state index in [4.69, 9.17) is 4.74 Å². The minimum Gasteiger partial charge on any atom is -0.460 e. The molecular weight excluding hydrogens is 408 g/mol. The molecule has 0 bridgehead atoms. The van der Waals surface area contributed by atoms with Gasteiger partial charge in [0.1, 0.15) is 12.4 Å². The number of carbonyl (C=O) groups excluding carboxylic acids is 1. The topological polar surface area (TPSA) is 73.3 Å². The van der Waals surface area contributed by atoms with Crippen LogP contribution in [0.5, 0.6) is 5.75 Å². The molecule has 1 fully saturated rings. The van der Waals surface area contributed by atoms with Crippen LogP contribution in [0.2, 0.25) is 0 Å². The Morgan fingerprint density at radius 1 is 1.25 bits per heavy atom. The molecule has 10 heteroatoms. The Kier molecular flexibility index (Phi) is 7.84. The summed E-state index contributed by atoms with van der Waals surface area (Å²) in [7, 11) is 0. The highest BCUT2D eigenvalue weighted by molar-refractivity contribution is 8.01. The zero-order valence-corrected chi connectivity index (χ0v) is 16.7. The molecule has 1 saturated carbocycles. The fourth-order valence-electron chi connectivity index (χ4n) is 2.90. The van der Waals surface area contributed by atoms with Gasteiger partial charge in [0.25, 0.3) is 0 Å². The molecule has 0 radical (unpaired) electrons. The maximum absolute atomic E-state index is 12.4. The average molecular weight is 430 g/mol. The molecule has 3 rings (SSSR count). The van der Waals surface area contributed by atoms with Crippen LogP contribution in [0.25, 0.3) is 0 Å². The quantitative estimate of drug-likeness (QED) is 0.457. The Labute approximate surface area is 170 Å². The Bertz CT molecular complexity index is 770. The lowest BCUT2D eigenvalue weighted by molar-refractivity contribution is -0.141. The molecular formula is C18H21F2N3O3S2. The second-order valence-electron chi connectivity index (χ2n) is 6.29. The van der Waals surface area contributed by atoms with Crippen LogP contribution >= 0.6 is 23.1 Å². The highest BCUT2D eigenvalue weighted by atomic mass is 32.2. The molecule has 2 aromatic rings. The zero-order valence-electron chi connectivity index (χ0n) is 15.1. The number of alkyl halides is 2. The van der Waals surface area contributed by atoms with Gasteiger partial charge in [0.15, 0.2) is 4.34 Å². The van der Waals surface area contributed by atoms with Crippen LogP contribution in [0, 0.1) is 0 Å². The summed E-state index contributed by atoms with van der Waals surface area (Å²) >= 11 is 2.65. The number of aromatic nitrogens is 2. The minimum atomic E-state index is -2.93. The average Bonchev–Trinajstić information content (AvgIpc) is 3.13. The fourth-order valence-corrected chi connectivity index (χ4v) is 4.53. The monoisotopic (exact) mass is 429 g/mol. The molecule has 1 heterocycles. The van der Waals surface area contributed by atoms with Gasteiger partial charge < -0.3 is 14.8 Å². The van der Waals surface area contributed by atoms with E-state index in [1.165, 1.54) is 48.4 Å². The van der Waals surface area contributed by atoms with Crippen LogP contribution in [0.4, 0.5) is 13.9 Å². The number of hydrogen-bond donors (Lipinski definition) is 1. The van der Waals surface area contributed by atoms with Gasteiger partial charge in [0, 0.05) is 11.6 Å². The van der Waals surface area contributed by atoms with Gasteiger partial charge in [-0.05, 0) is 18.9 Å². The first kappa shape index (κ1) is 20.8. The van der Waals surface area contributed by atoms with E-state index in [0.29, 0.717) is 15.9 Å². The predicted octanol–water partition coefficient (Wildman–Crippen LogP) is 4.72. The zero-order chi connectivity index (χ0) is 19.8. The van der Waals surface area contributed by atoms with Crippen molar-refractivity contribution in [1.82, 2.24) is 10.2 Å². The molecule has 6 nitrogen and oxygen atoms in total. The third-order valence-corrected chi connectivity index (χ3v) is 6.19. The molecule has 0 aliphatic heterocycles. The molecule has 0 saturated heterocycles. The van der Waals surface area contributed by atoms with E-state index in [2.05, 4.69) is 20.3 Å². The van der Waals surface area contributed by atoms with Crippen molar-refractivity contribution in [2.45, 2.75) is 55.7 Å². The first-order valence-corrected chi connectivity index (χ1v) is 10.8. The van der Waals surface area contributed by atoms with Gasteiger partial charge in [-0.1, -0.05) is 60.6 Å². The van der Waals surface area contributed by atoms with E-state index >= 15 is 0 Å². The number of halogens is 2. The Morgan fingerprint density at radius 2 is 2.04 bits per heavy atom. The van der Waals surface area contributed by atoms with Crippen molar-refractivity contribution < 1.29 is 23.0 Å². The van der Waals surface area contributed by atoms with Crippen molar-refractivity contribution in [3.05, 3.63) is 29.8 Å². The molecule has 0 atom stereocenters. The molecule has 1 N–H and O–H groups in total. The number of rotatable bonds is 9. The number of anilines is 1. The highest BCUT2D eigenvalue weighted by Gasteiger charge is 2.16. The SMILES string of the molecule is O=C(CSc1nnc(NC2CCCCC2)s1)OCc1ccccc1OC(F)F. The van der Waals surface area contributed by atoms with Gasteiger partial charge in [-0.15, -0.1) is 10.2 Å². The first-order chi connectivity index (χ1) is 13.6. The van der Waals surface area contributed by atoms with E-state index in [1.54, 1.807) is 18.2 Å². The maximum atomic E-state index is 12.4. The van der Waals surface area contributed by atoms with Crippen molar-refractivity contribution in [2.24, 2.45) is 0 Å². The van der Waals surface area contributed by atoms with Gasteiger partial charge in [-0.2, -0.15) is 8.78 Å². The summed E-state index contributed by atoms with van der Waals surface area (Å²) in [4.78, 5) is 12.0. The lowest BCUT2D eigenvalue weighted by Crippen LogP contribution is -2.21. The third kappa shape index (κ3) is 6.59. The number of nitrogens with one attached hydrogen (secondary N) is 1. The van der Waals surface area contributed by atoms with E-state index in [0.717, 1.165) is 18.0 Å². The highest BCUT2D eigenvalue weighted by Crippen LogP contribution is 2.28. The summed E-state index contributed by atoms with van der Waals surface area (Å²) < 4.78 is 35.1. The second-order valence-corrected chi connectivity index (χ2v) is 8.49. The number of ether oxygens (including phenoxy) is 2. The smallest absolute Gasteiger partial charge is 0.387 e. The van der Waals surface area contributed by atoms with Crippen LogP contribution in [0.1, 0.15) is 37.7 Å². The van der Waals surface area contributed by atoms with Gasteiger partial charge in [-0.25, -0.2) is 0 Å². The molecule has 0 spiro atoms. The van der Waals surface area contributed by atoms with Crippen LogP contribution in [-0.2, 0) is 16.1 Å². The summed E-state index contributed by atoms with van der Waals surface area (Å²) in [6, 6.07) is 6.67. The van der Waals surface area contributed by atoms with Crippen molar-refractivity contribution in [3.8, 4) is 5.75 Å². The normalized spacial score (nSPS) is 14.8. The van der Waals surface area contributed by atoms with Crippen molar-refractivity contribution in [1.29, 1.82) is 0 Å². The Balaban J connectivity index is 1.42. The molecule has 28 heavy (non-hydrogen) atoms. The van der Waals surface area contributed by atoms with Crippen LogP contribution in [-0.4, -0.2) is 34.6 Å². The first-order valence-electron chi connectivity index (χ1n) is 9.01. The van der Waals surface area contributed by atoms with Crippen molar-refractivity contribution in [3.63, 3.8) is 0 Å². The number of thioether (sulfide) groups is 1. The molecule has 0 amide bonds. The number of esters is 1. The molecule has 1 aromatic heterocycles. The van der Waals surface area contributed by atoms with E-state index in [-0.39, 0.29) is 18.1 Å². The number of hydrogen-bond acceptors (Lipinski definition) is 8. The van der Waals surface area contributed by atoms with Crippen molar-refractivity contribution in [2.75, 3.05) is 11.1 Å². The predicted molar refractivity (Wildman–Crippen MR) is 104 cm³/mol. The van der Waals surface area contributed by atoms with Crippen molar-refractivity contribution >= 4 is 34.2 Å². The molecule has 1 aliphatic carbocycles. The second kappa shape index (κ2) is 10.6. The summed E-state index contributed by atoms with van der Waals surface area (Å²) in [5, 5.41) is 12.4. The van der Waals surface area contributed by atoms with Gasteiger partial charge in [0.2, 0.25) is 5.13 Å². The fraction of sp³-hybridized carbons (Fsp3) is 0.500. The van der Waals surface area contributed by atoms with Gasteiger partial charge >= 0.3 is 12.6 Å². The van der Waals surface area contributed by atoms with E-state index in [9.17, 15) is 13.6 Å². The van der Waals surface area contributed by atoms with E-state index < -0.39 is 12.6 Å². The molecule has 0 unspecified atom stereocenters. The standard InChI is InChI=1S/C18H21F2N3O3S2/c19-16(20)26-14-9-5-4-6-12(14)10-25-15(24)11-27-18-23-22-17(28-18)21-13-7-2-1-3-8-13/h4-6,9,13,16H,1-3,7-8,10-11H2,(H,21,22). The largest absolute Gasteiger partial charge is 0.460 e. The Morgan fingerprint density at radius 3 is 2.82 bits per heavy atom. The summed E-state index contributed by atoms with van der Waals surface area (Å²) in [6.45, 7) is -3.06. The minimum absolute atomic E-state index is 0.000468. The lowest BCUT2D eigenvalue weighted by Gasteiger charge is -2.21. The summed E-state index contributed by atoms with van der Waals surface area (Å²) in [5.41, 5.74) is 0.385. The number of nitrogens with zero attached hydrogens (tertiary/aromatic N) is 2. The summed E-state index contributed by atoms with van der Waals surface area (Å²) in [6.07, 6.45) is 6.04. The van der Waals surface area contributed by atoms with Crippen LogP contribution < -0.4 is 10.1 Å². The van der Waals surface area contributed by atoms with E-state index in [1.807, 2.05) is 0 Å². The number of para-hydroxylation sites is 1. The molecule has 1 aliphatic rings. The molecule has 1 aromatic carbocycles. The third-order valence-electron chi connectivity index (χ3n) is 4.23. The number of carbonyl (C=O) groups is 1. The summed E-state index contributed by atoms with van der Waals surface area (Å²) in [5.74, 6) is -0.398. The lowest BCUT2D eigenvalue weighted by atomic mass is 9.96. The maximum Gasteiger partial charge on any atom is 0.387 e. The van der Waals surface area contributed by atoms with Gasteiger partial charge in [-0.3, -0.25) is 4.79 Å².